The number of rotatable bonds is 2. The van der Waals surface area contributed by atoms with Crippen molar-refractivity contribution in [3.63, 3.8) is 0 Å². The van der Waals surface area contributed by atoms with Crippen LogP contribution in [0.1, 0.15) is 12.0 Å². The molecule has 1 aliphatic heterocycles. The summed E-state index contributed by atoms with van der Waals surface area (Å²) in [5.41, 5.74) is 2.24. The Kier molecular flexibility index (Phi) is 3.61. The van der Waals surface area contributed by atoms with E-state index >= 15 is 0 Å². The topological polar surface area (TPSA) is 67.2 Å². The van der Waals surface area contributed by atoms with E-state index in [2.05, 4.69) is 16.4 Å². The number of nitrogens with zero attached hydrogens (tertiary/aromatic N) is 2. The monoisotopic (exact) mass is 281 g/mol. The lowest BCUT2D eigenvalue weighted by Gasteiger charge is -2.10. The van der Waals surface area contributed by atoms with Gasteiger partial charge in [0.2, 0.25) is 0 Å². The summed E-state index contributed by atoms with van der Waals surface area (Å²) in [6, 6.07) is 11.5. The number of benzene rings is 1. The summed E-state index contributed by atoms with van der Waals surface area (Å²) < 4.78 is 11.3. The van der Waals surface area contributed by atoms with Gasteiger partial charge in [0.15, 0.2) is 11.5 Å². The molecule has 3 rings (SSSR count). The van der Waals surface area contributed by atoms with Gasteiger partial charge in [-0.15, -0.1) is 0 Å². The first-order chi connectivity index (χ1) is 10.3. The molecule has 1 aliphatic rings. The molecule has 2 heterocycles. The SMILES string of the molecule is CNc1nc(-c2ccc3c(c2)OCCCO3)ccc1C#N. The molecule has 0 atom stereocenters. The van der Waals surface area contributed by atoms with Crippen molar-refractivity contribution in [2.75, 3.05) is 25.6 Å². The van der Waals surface area contributed by atoms with Gasteiger partial charge in [0.25, 0.3) is 0 Å². The van der Waals surface area contributed by atoms with Crippen molar-refractivity contribution in [3.8, 4) is 28.8 Å². The van der Waals surface area contributed by atoms with E-state index in [0.29, 0.717) is 24.6 Å². The Morgan fingerprint density at radius 2 is 1.95 bits per heavy atom. The van der Waals surface area contributed by atoms with Crippen molar-refractivity contribution >= 4 is 5.82 Å². The zero-order valence-corrected chi connectivity index (χ0v) is 11.7. The van der Waals surface area contributed by atoms with Crippen LogP contribution < -0.4 is 14.8 Å². The van der Waals surface area contributed by atoms with Crippen LogP contribution in [0, 0.1) is 11.3 Å². The average Bonchev–Trinajstić information content (AvgIpc) is 2.78. The molecular formula is C16H15N3O2. The van der Waals surface area contributed by atoms with E-state index in [9.17, 15) is 0 Å². The van der Waals surface area contributed by atoms with Crippen molar-refractivity contribution in [1.29, 1.82) is 5.26 Å². The Hall–Kier alpha value is -2.74. The first-order valence-electron chi connectivity index (χ1n) is 6.81. The van der Waals surface area contributed by atoms with Gasteiger partial charge in [0.05, 0.1) is 24.5 Å². The fourth-order valence-corrected chi connectivity index (χ4v) is 2.22. The van der Waals surface area contributed by atoms with Gasteiger partial charge in [-0.1, -0.05) is 0 Å². The summed E-state index contributed by atoms with van der Waals surface area (Å²) in [5, 5.41) is 12.0. The minimum Gasteiger partial charge on any atom is -0.490 e. The zero-order valence-electron chi connectivity index (χ0n) is 11.7. The normalized spacial score (nSPS) is 13.1. The van der Waals surface area contributed by atoms with Crippen LogP contribution in [0.25, 0.3) is 11.3 Å². The Morgan fingerprint density at radius 1 is 1.14 bits per heavy atom. The van der Waals surface area contributed by atoms with Crippen LogP contribution >= 0.6 is 0 Å². The first-order valence-corrected chi connectivity index (χ1v) is 6.81. The molecule has 0 saturated carbocycles. The van der Waals surface area contributed by atoms with Gasteiger partial charge in [0, 0.05) is 19.0 Å². The van der Waals surface area contributed by atoms with Crippen molar-refractivity contribution in [2.24, 2.45) is 0 Å². The molecule has 0 spiro atoms. The summed E-state index contributed by atoms with van der Waals surface area (Å²) in [6.07, 6.45) is 0.878. The highest BCUT2D eigenvalue weighted by molar-refractivity contribution is 5.67. The van der Waals surface area contributed by atoms with E-state index in [1.165, 1.54) is 0 Å². The van der Waals surface area contributed by atoms with E-state index in [0.717, 1.165) is 29.2 Å². The lowest BCUT2D eigenvalue weighted by atomic mass is 10.1. The second-order valence-electron chi connectivity index (χ2n) is 4.67. The molecule has 0 bridgehead atoms. The number of pyridine rings is 1. The molecule has 21 heavy (non-hydrogen) atoms. The van der Waals surface area contributed by atoms with Crippen molar-refractivity contribution < 1.29 is 9.47 Å². The van der Waals surface area contributed by atoms with Gasteiger partial charge in [0.1, 0.15) is 11.9 Å². The molecule has 5 heteroatoms. The van der Waals surface area contributed by atoms with E-state index in [-0.39, 0.29) is 0 Å². The molecule has 1 aromatic carbocycles. The van der Waals surface area contributed by atoms with Gasteiger partial charge in [-0.2, -0.15) is 5.26 Å². The molecule has 1 N–H and O–H groups in total. The summed E-state index contributed by atoms with van der Waals surface area (Å²) in [5.74, 6) is 2.07. The maximum absolute atomic E-state index is 9.03. The number of fused-ring (bicyclic) bond motifs is 1. The van der Waals surface area contributed by atoms with Gasteiger partial charge in [-0.25, -0.2) is 4.98 Å². The summed E-state index contributed by atoms with van der Waals surface area (Å²) in [6.45, 7) is 1.32. The quantitative estimate of drug-likeness (QED) is 0.916. The van der Waals surface area contributed by atoms with Crippen LogP contribution in [0.4, 0.5) is 5.82 Å². The second-order valence-corrected chi connectivity index (χ2v) is 4.67. The number of nitrogens with one attached hydrogen (secondary N) is 1. The standard InChI is InChI=1S/C16H15N3O2/c1-18-16-12(10-17)3-5-13(19-16)11-4-6-14-15(9-11)21-8-2-7-20-14/h3-6,9H,2,7-8H2,1H3,(H,18,19). The van der Waals surface area contributed by atoms with Crippen LogP contribution in [-0.4, -0.2) is 25.2 Å². The number of aromatic nitrogens is 1. The molecule has 2 aromatic rings. The number of ether oxygens (including phenoxy) is 2. The minimum atomic E-state index is 0.524. The summed E-state index contributed by atoms with van der Waals surface area (Å²) >= 11 is 0. The highest BCUT2D eigenvalue weighted by atomic mass is 16.5. The van der Waals surface area contributed by atoms with Crippen molar-refractivity contribution in [2.45, 2.75) is 6.42 Å². The lowest BCUT2D eigenvalue weighted by molar-refractivity contribution is 0.297. The van der Waals surface area contributed by atoms with Crippen molar-refractivity contribution in [1.82, 2.24) is 4.98 Å². The largest absolute Gasteiger partial charge is 0.490 e. The van der Waals surface area contributed by atoms with E-state index in [1.807, 2.05) is 24.3 Å². The molecule has 106 valence electrons. The highest BCUT2D eigenvalue weighted by Crippen LogP contribution is 2.34. The Morgan fingerprint density at radius 3 is 2.71 bits per heavy atom. The second kappa shape index (κ2) is 5.71. The van der Waals surface area contributed by atoms with Crippen LogP contribution in [0.3, 0.4) is 0 Å². The molecule has 1 aromatic heterocycles. The van der Waals surface area contributed by atoms with Crippen LogP contribution in [-0.2, 0) is 0 Å². The molecule has 5 nitrogen and oxygen atoms in total. The van der Waals surface area contributed by atoms with Crippen LogP contribution in [0.5, 0.6) is 11.5 Å². The zero-order chi connectivity index (χ0) is 14.7. The lowest BCUT2D eigenvalue weighted by Crippen LogP contribution is -1.98. The molecule has 0 saturated heterocycles. The molecule has 0 aliphatic carbocycles. The predicted octanol–water partition coefficient (Wildman–Crippen LogP) is 2.82. The fraction of sp³-hybridized carbons (Fsp3) is 0.250. The number of hydrogen-bond acceptors (Lipinski definition) is 5. The van der Waals surface area contributed by atoms with Gasteiger partial charge < -0.3 is 14.8 Å². The van der Waals surface area contributed by atoms with Crippen LogP contribution in [0.2, 0.25) is 0 Å². The third kappa shape index (κ3) is 2.61. The predicted molar refractivity (Wildman–Crippen MR) is 79.5 cm³/mol. The third-order valence-electron chi connectivity index (χ3n) is 3.30. The Balaban J connectivity index is 2.01. The number of anilines is 1. The average molecular weight is 281 g/mol. The third-order valence-corrected chi connectivity index (χ3v) is 3.30. The maximum atomic E-state index is 9.03. The smallest absolute Gasteiger partial charge is 0.161 e. The van der Waals surface area contributed by atoms with Gasteiger partial charge >= 0.3 is 0 Å². The molecule has 0 radical (unpaired) electrons. The Labute approximate surface area is 123 Å². The first kappa shape index (κ1) is 13.3. The molecule has 0 amide bonds. The van der Waals surface area contributed by atoms with E-state index < -0.39 is 0 Å². The Bertz CT molecular complexity index is 707. The van der Waals surface area contributed by atoms with Gasteiger partial charge in [-0.05, 0) is 30.3 Å². The number of nitriles is 1. The molecular weight excluding hydrogens is 266 g/mol. The van der Waals surface area contributed by atoms with E-state index in [1.54, 1.807) is 13.1 Å². The molecule has 0 fully saturated rings. The minimum absolute atomic E-state index is 0.524. The summed E-state index contributed by atoms with van der Waals surface area (Å²) in [4.78, 5) is 4.47. The van der Waals surface area contributed by atoms with E-state index in [4.69, 9.17) is 14.7 Å². The van der Waals surface area contributed by atoms with Crippen LogP contribution in [0.15, 0.2) is 30.3 Å². The van der Waals surface area contributed by atoms with Gasteiger partial charge in [-0.3, -0.25) is 0 Å². The fourth-order valence-electron chi connectivity index (χ4n) is 2.22. The summed E-state index contributed by atoms with van der Waals surface area (Å²) in [7, 11) is 1.75. The maximum Gasteiger partial charge on any atom is 0.161 e. The number of hydrogen-bond donors (Lipinski definition) is 1. The molecule has 0 unspecified atom stereocenters. The highest BCUT2D eigenvalue weighted by Gasteiger charge is 2.13. The van der Waals surface area contributed by atoms with Crippen molar-refractivity contribution in [3.05, 3.63) is 35.9 Å².